The van der Waals surface area contributed by atoms with E-state index >= 15 is 0 Å². The van der Waals surface area contributed by atoms with Gasteiger partial charge < -0.3 is 5.73 Å². The topological polar surface area (TPSA) is 55.4 Å². The summed E-state index contributed by atoms with van der Waals surface area (Å²) in [4.78, 5) is 9.69. The fourth-order valence-corrected chi connectivity index (χ4v) is 0.952. The zero-order chi connectivity index (χ0) is 6.69. The smallest absolute Gasteiger partial charge is 0.0962 e. The molecule has 0 aromatic carbocycles. The summed E-state index contributed by atoms with van der Waals surface area (Å²) in [6.45, 7) is 0.288. The number of hydrogen-bond acceptors (Lipinski definition) is 3. The molecule has 0 radical (unpaired) electrons. The second-order valence-electron chi connectivity index (χ2n) is 2.75. The Labute approximate surface area is 54.6 Å². The maximum absolute atomic E-state index is 9.69. The van der Waals surface area contributed by atoms with Gasteiger partial charge in [0.2, 0.25) is 0 Å². The van der Waals surface area contributed by atoms with Gasteiger partial charge >= 0.3 is 0 Å². The summed E-state index contributed by atoms with van der Waals surface area (Å²) in [6.07, 6.45) is 3.59. The molecule has 3 heteroatoms. The molecule has 3 nitrogen and oxygen atoms in total. The molecule has 1 saturated carbocycles. The van der Waals surface area contributed by atoms with Crippen molar-refractivity contribution in [3.8, 4) is 0 Å². The molecule has 1 aliphatic carbocycles. The van der Waals surface area contributed by atoms with Crippen molar-refractivity contribution >= 4 is 0 Å². The summed E-state index contributed by atoms with van der Waals surface area (Å²) < 4.78 is 0. The number of nitroso groups, excluding NO2 is 1. The Morgan fingerprint density at radius 1 is 1.67 bits per heavy atom. The van der Waals surface area contributed by atoms with Gasteiger partial charge in [-0.05, 0) is 12.3 Å². The Kier molecular flexibility index (Phi) is 2.16. The van der Waals surface area contributed by atoms with E-state index in [4.69, 9.17) is 5.73 Å². The first-order chi connectivity index (χ1) is 4.33. The minimum absolute atomic E-state index is 0.0231. The first-order valence-corrected chi connectivity index (χ1v) is 3.37. The van der Waals surface area contributed by atoms with Crippen molar-refractivity contribution in [3.05, 3.63) is 4.91 Å². The molecule has 0 heterocycles. The molecule has 1 fully saturated rings. The van der Waals surface area contributed by atoms with E-state index in [-0.39, 0.29) is 12.6 Å². The molecule has 9 heavy (non-hydrogen) atoms. The van der Waals surface area contributed by atoms with Crippen molar-refractivity contribution in [1.82, 2.24) is 0 Å². The molecule has 0 aromatic rings. The third-order valence-electron chi connectivity index (χ3n) is 1.64. The first-order valence-electron chi connectivity index (χ1n) is 3.37. The summed E-state index contributed by atoms with van der Waals surface area (Å²) >= 11 is 0. The molecule has 1 aliphatic rings. The average molecular weight is 128 g/mol. The Bertz CT molecular complexity index is 101. The Hall–Kier alpha value is -0.440. The predicted molar refractivity (Wildman–Crippen MR) is 36.0 cm³/mol. The van der Waals surface area contributed by atoms with Crippen LogP contribution in [0.4, 0.5) is 0 Å². The maximum Gasteiger partial charge on any atom is 0.0962 e. The minimum Gasteiger partial charge on any atom is -0.326 e. The highest BCUT2D eigenvalue weighted by atomic mass is 16.3. The van der Waals surface area contributed by atoms with Crippen LogP contribution in [0.1, 0.15) is 19.3 Å². The van der Waals surface area contributed by atoms with E-state index in [0.717, 1.165) is 12.3 Å². The van der Waals surface area contributed by atoms with Crippen molar-refractivity contribution in [2.45, 2.75) is 25.3 Å². The number of rotatable bonds is 4. The van der Waals surface area contributed by atoms with Gasteiger partial charge in [0.25, 0.3) is 0 Å². The third-order valence-corrected chi connectivity index (χ3v) is 1.64. The van der Waals surface area contributed by atoms with Gasteiger partial charge in [0, 0.05) is 6.04 Å². The molecule has 0 aromatic heterocycles. The van der Waals surface area contributed by atoms with Gasteiger partial charge in [0.1, 0.15) is 0 Å². The van der Waals surface area contributed by atoms with Crippen LogP contribution in [-0.2, 0) is 0 Å². The lowest BCUT2D eigenvalue weighted by Gasteiger charge is -2.02. The zero-order valence-electron chi connectivity index (χ0n) is 5.42. The van der Waals surface area contributed by atoms with Crippen LogP contribution in [0.2, 0.25) is 0 Å². The van der Waals surface area contributed by atoms with Crippen LogP contribution in [0.5, 0.6) is 0 Å². The van der Waals surface area contributed by atoms with Gasteiger partial charge in [-0.3, -0.25) is 0 Å². The van der Waals surface area contributed by atoms with E-state index in [0.29, 0.717) is 0 Å². The monoisotopic (exact) mass is 128 g/mol. The van der Waals surface area contributed by atoms with Crippen LogP contribution >= 0.6 is 0 Å². The minimum atomic E-state index is 0.0231. The van der Waals surface area contributed by atoms with Crippen molar-refractivity contribution in [1.29, 1.82) is 0 Å². The van der Waals surface area contributed by atoms with Gasteiger partial charge in [-0.25, -0.2) is 0 Å². The van der Waals surface area contributed by atoms with E-state index in [1.807, 2.05) is 0 Å². The van der Waals surface area contributed by atoms with Crippen LogP contribution in [0.3, 0.4) is 0 Å². The quantitative estimate of drug-likeness (QED) is 0.571. The summed E-state index contributed by atoms with van der Waals surface area (Å²) in [7, 11) is 0. The lowest BCUT2D eigenvalue weighted by atomic mass is 10.1. The van der Waals surface area contributed by atoms with Gasteiger partial charge in [-0.1, -0.05) is 18.0 Å². The zero-order valence-corrected chi connectivity index (χ0v) is 5.42. The Morgan fingerprint density at radius 3 is 2.78 bits per heavy atom. The summed E-state index contributed by atoms with van der Waals surface area (Å²) in [5.41, 5.74) is 5.53. The van der Waals surface area contributed by atoms with Crippen LogP contribution in [0.15, 0.2) is 5.18 Å². The standard InChI is InChI=1S/C6H12N2O/c7-6(4-8-9)3-5-1-2-5/h5-6H,1-4,7H2/t6-/m0/s1. The Balaban J connectivity index is 2.01. The van der Waals surface area contributed by atoms with Crippen LogP contribution in [0.25, 0.3) is 0 Å². The van der Waals surface area contributed by atoms with Crippen LogP contribution in [0, 0.1) is 10.8 Å². The summed E-state index contributed by atoms with van der Waals surface area (Å²) in [6, 6.07) is 0.0231. The molecule has 0 bridgehead atoms. The van der Waals surface area contributed by atoms with Crippen LogP contribution in [-0.4, -0.2) is 12.6 Å². The highest BCUT2D eigenvalue weighted by Gasteiger charge is 2.23. The molecule has 0 saturated heterocycles. The molecule has 0 spiro atoms. The molecule has 0 aliphatic heterocycles. The van der Waals surface area contributed by atoms with Crippen molar-refractivity contribution in [3.63, 3.8) is 0 Å². The lowest BCUT2D eigenvalue weighted by Crippen LogP contribution is -2.23. The van der Waals surface area contributed by atoms with Crippen LogP contribution < -0.4 is 5.73 Å². The van der Waals surface area contributed by atoms with E-state index in [1.54, 1.807) is 0 Å². The van der Waals surface area contributed by atoms with Gasteiger partial charge in [0.05, 0.1) is 6.54 Å². The first kappa shape index (κ1) is 6.68. The number of nitrogens with two attached hydrogens (primary N) is 1. The van der Waals surface area contributed by atoms with Crippen molar-refractivity contribution < 1.29 is 0 Å². The average Bonchev–Trinajstić information content (AvgIpc) is 2.50. The maximum atomic E-state index is 9.69. The molecule has 0 unspecified atom stereocenters. The van der Waals surface area contributed by atoms with E-state index in [9.17, 15) is 4.91 Å². The van der Waals surface area contributed by atoms with Crippen molar-refractivity contribution in [2.24, 2.45) is 16.8 Å². The van der Waals surface area contributed by atoms with E-state index in [1.165, 1.54) is 12.8 Å². The summed E-state index contributed by atoms with van der Waals surface area (Å²) in [5.74, 6) is 0.807. The van der Waals surface area contributed by atoms with Gasteiger partial charge in [-0.2, -0.15) is 4.91 Å². The molecule has 52 valence electrons. The third kappa shape index (κ3) is 2.56. The molecule has 1 rings (SSSR count). The normalized spacial score (nSPS) is 21.4. The lowest BCUT2D eigenvalue weighted by molar-refractivity contribution is 0.577. The highest BCUT2D eigenvalue weighted by molar-refractivity contribution is 4.79. The fourth-order valence-electron chi connectivity index (χ4n) is 0.952. The van der Waals surface area contributed by atoms with Gasteiger partial charge in [0.15, 0.2) is 0 Å². The van der Waals surface area contributed by atoms with E-state index < -0.39 is 0 Å². The molecular weight excluding hydrogens is 116 g/mol. The summed E-state index contributed by atoms with van der Waals surface area (Å²) in [5, 5.41) is 2.74. The molecule has 1 atom stereocenters. The fraction of sp³-hybridized carbons (Fsp3) is 1.00. The molecule has 0 amide bonds. The predicted octanol–water partition coefficient (Wildman–Crippen LogP) is 0.880. The van der Waals surface area contributed by atoms with Crippen molar-refractivity contribution in [2.75, 3.05) is 6.54 Å². The number of hydrogen-bond donors (Lipinski definition) is 1. The SMILES string of the molecule is N[C@H](CN=O)CC1CC1. The molecular formula is C6H12N2O. The Morgan fingerprint density at radius 2 is 2.33 bits per heavy atom. The second kappa shape index (κ2) is 2.92. The largest absolute Gasteiger partial charge is 0.326 e. The second-order valence-corrected chi connectivity index (χ2v) is 2.75. The van der Waals surface area contributed by atoms with E-state index in [2.05, 4.69) is 5.18 Å². The molecule has 2 N–H and O–H groups in total. The number of nitrogens with zero attached hydrogens (tertiary/aromatic N) is 1. The highest BCUT2D eigenvalue weighted by Crippen LogP contribution is 2.32. The van der Waals surface area contributed by atoms with Gasteiger partial charge in [-0.15, -0.1) is 0 Å².